The van der Waals surface area contributed by atoms with E-state index in [1.165, 1.54) is 36.3 Å². The van der Waals surface area contributed by atoms with Crippen LogP contribution in [0.1, 0.15) is 37.8 Å². The van der Waals surface area contributed by atoms with Crippen LogP contribution in [0.5, 0.6) is 0 Å². The number of aromatic amines is 1. The van der Waals surface area contributed by atoms with Crippen molar-refractivity contribution in [2.45, 2.75) is 6.42 Å². The molecule has 0 spiro atoms. The number of aromatic nitrogens is 2. The summed E-state index contributed by atoms with van der Waals surface area (Å²) < 4.78 is 13.0. The van der Waals surface area contributed by atoms with Crippen molar-refractivity contribution in [2.75, 3.05) is 41.9 Å². The maximum absolute atomic E-state index is 13.0. The smallest absolute Gasteiger partial charge is 0.276 e. The molecule has 0 aliphatic carbocycles. The van der Waals surface area contributed by atoms with Crippen molar-refractivity contribution < 1.29 is 18.8 Å². The summed E-state index contributed by atoms with van der Waals surface area (Å²) in [5.74, 6) is 0.400. The molecule has 2 heterocycles. The van der Waals surface area contributed by atoms with Gasteiger partial charge in [0.1, 0.15) is 11.5 Å². The largest absolute Gasteiger partial charge is 0.349 e. The molecule has 182 valence electrons. The van der Waals surface area contributed by atoms with Gasteiger partial charge in [0.25, 0.3) is 17.7 Å². The number of anilines is 2. The zero-order valence-corrected chi connectivity index (χ0v) is 19.7. The molecule has 2 aromatic carbocycles. The number of nitrogens with one attached hydrogen (secondary N) is 4. The monoisotopic (exact) mass is 496 g/mol. The van der Waals surface area contributed by atoms with Crippen LogP contribution in [0.2, 0.25) is 0 Å². The van der Waals surface area contributed by atoms with Gasteiger partial charge in [-0.3, -0.25) is 19.3 Å². The topological polar surface area (TPSA) is 119 Å². The van der Waals surface area contributed by atoms with Gasteiger partial charge in [-0.1, -0.05) is 0 Å². The number of amides is 3. The van der Waals surface area contributed by atoms with E-state index in [1.54, 1.807) is 24.3 Å². The number of benzene rings is 2. The predicted octanol–water partition coefficient (Wildman–Crippen LogP) is 3.18. The van der Waals surface area contributed by atoms with Crippen molar-refractivity contribution in [3.8, 4) is 0 Å². The quantitative estimate of drug-likeness (QED) is 0.380. The minimum Gasteiger partial charge on any atom is -0.349 e. The molecule has 0 saturated carbocycles. The number of hydrogen-bond acceptors (Lipinski definition) is 6. The van der Waals surface area contributed by atoms with E-state index >= 15 is 0 Å². The van der Waals surface area contributed by atoms with Gasteiger partial charge in [-0.25, -0.2) is 9.37 Å². The molecule has 3 amide bonds. The summed E-state index contributed by atoms with van der Waals surface area (Å²) in [4.78, 5) is 46.5. The van der Waals surface area contributed by atoms with Crippen molar-refractivity contribution in [3.63, 3.8) is 0 Å². The maximum atomic E-state index is 13.0. The lowest BCUT2D eigenvalue weighted by molar-refractivity contribution is 0.0931. The maximum Gasteiger partial charge on any atom is 0.276 e. The molecule has 0 bridgehead atoms. The fourth-order valence-corrected chi connectivity index (χ4v) is 4.49. The van der Waals surface area contributed by atoms with Gasteiger partial charge in [-0.2, -0.15) is 0 Å². The van der Waals surface area contributed by atoms with Crippen LogP contribution in [0.3, 0.4) is 0 Å². The van der Waals surface area contributed by atoms with Gasteiger partial charge in [0.2, 0.25) is 0 Å². The first kappa shape index (κ1) is 24.4. The molecule has 1 fully saturated rings. The highest BCUT2D eigenvalue weighted by Crippen LogP contribution is 2.17. The fraction of sp³-hybridized carbons (Fsp3) is 0.250. The van der Waals surface area contributed by atoms with Crippen LogP contribution in [0.4, 0.5) is 15.8 Å². The molecule has 0 radical (unpaired) electrons. The van der Waals surface area contributed by atoms with E-state index in [9.17, 15) is 18.8 Å². The molecule has 0 atom stereocenters. The normalized spacial score (nSPS) is 13.7. The highest BCUT2D eigenvalue weighted by molar-refractivity contribution is 7.99. The Labute approximate surface area is 205 Å². The third-order valence-corrected chi connectivity index (χ3v) is 6.46. The number of rotatable bonds is 8. The molecule has 0 unspecified atom stereocenters. The van der Waals surface area contributed by atoms with E-state index < -0.39 is 17.6 Å². The van der Waals surface area contributed by atoms with Gasteiger partial charge in [0.05, 0.1) is 6.33 Å². The molecule has 9 nitrogen and oxygen atoms in total. The van der Waals surface area contributed by atoms with Crippen LogP contribution < -0.4 is 16.0 Å². The molecule has 4 rings (SSSR count). The third kappa shape index (κ3) is 6.67. The molecule has 11 heteroatoms. The van der Waals surface area contributed by atoms with Crippen LogP contribution in [0, 0.1) is 5.82 Å². The lowest BCUT2D eigenvalue weighted by atomic mass is 10.2. The highest BCUT2D eigenvalue weighted by atomic mass is 32.2. The Bertz CT molecular complexity index is 1180. The first-order valence-electron chi connectivity index (χ1n) is 11.1. The van der Waals surface area contributed by atoms with Crippen LogP contribution in [-0.2, 0) is 0 Å². The van der Waals surface area contributed by atoms with Crippen molar-refractivity contribution >= 4 is 40.9 Å². The summed E-state index contributed by atoms with van der Waals surface area (Å²) in [7, 11) is 0. The minimum atomic E-state index is -0.535. The second-order valence-electron chi connectivity index (χ2n) is 7.88. The summed E-state index contributed by atoms with van der Waals surface area (Å²) in [6.45, 7) is 2.25. The lowest BCUT2D eigenvalue weighted by Crippen LogP contribution is -2.37. The minimum absolute atomic E-state index is 0.00952. The zero-order chi connectivity index (χ0) is 24.6. The number of hydrogen-bond donors (Lipinski definition) is 4. The van der Waals surface area contributed by atoms with Crippen LogP contribution in [0.25, 0.3) is 0 Å². The predicted molar refractivity (Wildman–Crippen MR) is 133 cm³/mol. The highest BCUT2D eigenvalue weighted by Gasteiger charge is 2.21. The Morgan fingerprint density at radius 3 is 2.31 bits per heavy atom. The van der Waals surface area contributed by atoms with E-state index in [0.717, 1.165) is 25.4 Å². The average Bonchev–Trinajstić information content (AvgIpc) is 3.37. The summed E-state index contributed by atoms with van der Waals surface area (Å²) in [5, 5.41) is 8.23. The zero-order valence-electron chi connectivity index (χ0n) is 18.8. The number of carbonyl (C=O) groups excluding carboxylic acids is 3. The van der Waals surface area contributed by atoms with Crippen molar-refractivity contribution in [1.82, 2.24) is 20.2 Å². The van der Waals surface area contributed by atoms with Gasteiger partial charge in [0, 0.05) is 35.9 Å². The summed E-state index contributed by atoms with van der Waals surface area (Å²) in [5.41, 5.74) is 1.38. The molecule has 1 aliphatic rings. The van der Waals surface area contributed by atoms with Gasteiger partial charge in [-0.15, -0.1) is 11.8 Å². The Morgan fingerprint density at radius 1 is 0.971 bits per heavy atom. The van der Waals surface area contributed by atoms with Crippen molar-refractivity contribution in [1.29, 1.82) is 0 Å². The van der Waals surface area contributed by atoms with Crippen LogP contribution >= 0.6 is 11.8 Å². The number of H-pyrrole nitrogens is 1. The second kappa shape index (κ2) is 11.6. The molecular formula is C24H25FN6O3S. The second-order valence-corrected chi connectivity index (χ2v) is 8.96. The first-order valence-corrected chi connectivity index (χ1v) is 12.2. The van der Waals surface area contributed by atoms with E-state index in [4.69, 9.17) is 0 Å². The summed E-state index contributed by atoms with van der Waals surface area (Å²) in [6, 6.07) is 11.7. The lowest BCUT2D eigenvalue weighted by Gasteiger charge is -2.25. The molecule has 4 N–H and O–H groups in total. The molecule has 1 aliphatic heterocycles. The SMILES string of the molecule is O=C(Nc1ccc(NC(=O)c2nc[nH]c2C(=O)NCCN2CCCSC2)cc1)c1ccc(F)cc1. The Balaban J connectivity index is 1.30. The van der Waals surface area contributed by atoms with Crippen molar-refractivity contribution in [3.05, 3.63) is 77.6 Å². The van der Waals surface area contributed by atoms with E-state index in [0.29, 0.717) is 23.5 Å². The number of halogens is 1. The summed E-state index contributed by atoms with van der Waals surface area (Å²) >= 11 is 1.88. The third-order valence-electron chi connectivity index (χ3n) is 5.34. The summed E-state index contributed by atoms with van der Waals surface area (Å²) in [6.07, 6.45) is 2.45. The standard InChI is InChI=1S/C24H25FN6O3S/c25-17-4-2-16(3-5-17)22(32)29-18-6-8-19(9-7-18)30-24(34)21-20(27-14-28-21)23(33)26-10-12-31-11-1-13-35-15-31/h2-9,14H,1,10-13,15H2,(H,26,33)(H,27,28)(H,29,32)(H,30,34). The Kier molecular flexibility index (Phi) is 8.11. The fourth-order valence-electron chi connectivity index (χ4n) is 3.51. The number of nitrogens with zero attached hydrogens (tertiary/aromatic N) is 2. The number of thioether (sulfide) groups is 1. The first-order chi connectivity index (χ1) is 17.0. The molecule has 1 saturated heterocycles. The van der Waals surface area contributed by atoms with Crippen molar-refractivity contribution in [2.24, 2.45) is 0 Å². The average molecular weight is 497 g/mol. The van der Waals surface area contributed by atoms with E-state index in [1.807, 2.05) is 11.8 Å². The number of carbonyl (C=O) groups is 3. The molecule has 1 aromatic heterocycles. The van der Waals surface area contributed by atoms with Gasteiger partial charge in [-0.05, 0) is 67.2 Å². The van der Waals surface area contributed by atoms with E-state index in [2.05, 4.69) is 30.8 Å². The number of imidazole rings is 1. The van der Waals surface area contributed by atoms with Gasteiger partial charge < -0.3 is 20.9 Å². The van der Waals surface area contributed by atoms with Crippen LogP contribution in [-0.4, -0.2) is 63.9 Å². The van der Waals surface area contributed by atoms with Gasteiger partial charge >= 0.3 is 0 Å². The van der Waals surface area contributed by atoms with Gasteiger partial charge in [0.15, 0.2) is 5.69 Å². The van der Waals surface area contributed by atoms with E-state index in [-0.39, 0.29) is 17.3 Å². The molecule has 35 heavy (non-hydrogen) atoms. The molecule has 3 aromatic rings. The molecular weight excluding hydrogens is 471 g/mol. The van der Waals surface area contributed by atoms with Crippen LogP contribution in [0.15, 0.2) is 54.9 Å². The Hall–Kier alpha value is -3.70. The Morgan fingerprint density at radius 2 is 1.66 bits per heavy atom.